The monoisotopic (exact) mass is 270 g/mol. The van der Waals surface area contributed by atoms with Crippen LogP contribution < -0.4 is 5.32 Å². The summed E-state index contributed by atoms with van der Waals surface area (Å²) < 4.78 is 0. The summed E-state index contributed by atoms with van der Waals surface area (Å²) in [6.45, 7) is 17.5. The first-order valence-corrected chi connectivity index (χ1v) is 8.49. The fourth-order valence-electron chi connectivity index (χ4n) is 2.53. The van der Waals surface area contributed by atoms with E-state index < -0.39 is 0 Å². The first-order valence-electron chi connectivity index (χ1n) is 8.49. The third-order valence-electron chi connectivity index (χ3n) is 4.02. The van der Waals surface area contributed by atoms with Gasteiger partial charge in [0.05, 0.1) is 0 Å². The first-order chi connectivity index (χ1) is 9.02. The predicted octanol–water partition coefficient (Wildman–Crippen LogP) is 4.30. The topological polar surface area (TPSA) is 15.3 Å². The molecule has 0 aliphatic carbocycles. The maximum atomic E-state index is 3.55. The molecular formula is C17H38N2. The maximum Gasteiger partial charge on any atom is 0.00702 e. The van der Waals surface area contributed by atoms with Crippen molar-refractivity contribution >= 4 is 0 Å². The third-order valence-corrected chi connectivity index (χ3v) is 4.02. The molecule has 0 radical (unpaired) electrons. The van der Waals surface area contributed by atoms with Crippen LogP contribution in [0.5, 0.6) is 0 Å². The van der Waals surface area contributed by atoms with E-state index >= 15 is 0 Å². The molecule has 0 bridgehead atoms. The molecule has 0 aromatic heterocycles. The molecule has 1 N–H and O–H groups in total. The largest absolute Gasteiger partial charge is 0.316 e. The van der Waals surface area contributed by atoms with Crippen molar-refractivity contribution in [2.24, 2.45) is 5.92 Å². The lowest BCUT2D eigenvalue weighted by atomic mass is 10.1. The Morgan fingerprint density at radius 1 is 0.947 bits per heavy atom. The van der Waals surface area contributed by atoms with Crippen LogP contribution in [0.4, 0.5) is 0 Å². The minimum absolute atomic E-state index is 0.724. The van der Waals surface area contributed by atoms with Crippen molar-refractivity contribution in [1.82, 2.24) is 10.2 Å². The number of rotatable bonds is 12. The van der Waals surface area contributed by atoms with E-state index in [9.17, 15) is 0 Å². The Bertz CT molecular complexity index is 192. The van der Waals surface area contributed by atoms with Crippen LogP contribution in [0.1, 0.15) is 73.6 Å². The van der Waals surface area contributed by atoms with E-state index in [4.69, 9.17) is 0 Å². The van der Waals surface area contributed by atoms with Crippen LogP contribution in [0, 0.1) is 5.92 Å². The molecule has 2 heteroatoms. The summed E-state index contributed by atoms with van der Waals surface area (Å²) in [5.74, 6) is 0.763. The highest BCUT2D eigenvalue weighted by molar-refractivity contribution is 4.73. The lowest BCUT2D eigenvalue weighted by molar-refractivity contribution is 0.139. The Kier molecular flexibility index (Phi) is 11.7. The number of nitrogens with zero attached hydrogens (tertiary/aromatic N) is 1. The van der Waals surface area contributed by atoms with Crippen LogP contribution >= 0.6 is 0 Å². The van der Waals surface area contributed by atoms with E-state index in [1.54, 1.807) is 0 Å². The van der Waals surface area contributed by atoms with Crippen molar-refractivity contribution in [2.45, 2.75) is 85.7 Å². The zero-order chi connectivity index (χ0) is 14.7. The van der Waals surface area contributed by atoms with E-state index in [0.29, 0.717) is 0 Å². The zero-order valence-electron chi connectivity index (χ0n) is 14.3. The van der Waals surface area contributed by atoms with Crippen LogP contribution in [0.2, 0.25) is 0 Å². The predicted molar refractivity (Wildman–Crippen MR) is 87.8 cm³/mol. The number of hydrogen-bond donors (Lipinski definition) is 1. The molecule has 0 saturated heterocycles. The van der Waals surface area contributed by atoms with Gasteiger partial charge in [0.1, 0.15) is 0 Å². The number of hydrogen-bond acceptors (Lipinski definition) is 2. The fourth-order valence-corrected chi connectivity index (χ4v) is 2.53. The average molecular weight is 271 g/mol. The lowest BCUT2D eigenvalue weighted by Crippen LogP contribution is -2.41. The molecule has 2 atom stereocenters. The molecule has 0 aromatic rings. The smallest absolute Gasteiger partial charge is 0.00702 e. The van der Waals surface area contributed by atoms with Gasteiger partial charge in [-0.15, -0.1) is 0 Å². The average Bonchev–Trinajstić information content (AvgIpc) is 2.38. The lowest BCUT2D eigenvalue weighted by Gasteiger charge is -2.34. The second-order valence-electron chi connectivity index (χ2n) is 6.44. The van der Waals surface area contributed by atoms with Gasteiger partial charge in [-0.05, 0) is 65.1 Å². The molecule has 2 nitrogen and oxygen atoms in total. The van der Waals surface area contributed by atoms with Crippen LogP contribution in [0.15, 0.2) is 0 Å². The zero-order valence-corrected chi connectivity index (χ0v) is 14.3. The van der Waals surface area contributed by atoms with Crippen molar-refractivity contribution in [1.29, 1.82) is 0 Å². The number of unbranched alkanes of at least 4 members (excludes halogenated alkanes) is 1. The maximum absolute atomic E-state index is 3.55. The molecule has 0 aliphatic heterocycles. The summed E-state index contributed by atoms with van der Waals surface area (Å²) in [5.41, 5.74) is 0. The molecular weight excluding hydrogens is 232 g/mol. The Balaban J connectivity index is 3.92. The Labute approximate surface area is 122 Å². The van der Waals surface area contributed by atoms with Crippen molar-refractivity contribution in [3.8, 4) is 0 Å². The summed E-state index contributed by atoms with van der Waals surface area (Å²) in [6.07, 6.45) is 6.52. The summed E-state index contributed by atoms with van der Waals surface area (Å²) >= 11 is 0. The second kappa shape index (κ2) is 11.7. The first kappa shape index (κ1) is 18.9. The molecule has 116 valence electrons. The van der Waals surface area contributed by atoms with Crippen LogP contribution in [-0.4, -0.2) is 36.6 Å². The van der Waals surface area contributed by atoms with Crippen molar-refractivity contribution in [3.63, 3.8) is 0 Å². The molecule has 0 fully saturated rings. The van der Waals surface area contributed by atoms with Crippen molar-refractivity contribution in [3.05, 3.63) is 0 Å². The second-order valence-corrected chi connectivity index (χ2v) is 6.44. The minimum Gasteiger partial charge on any atom is -0.316 e. The van der Waals surface area contributed by atoms with Crippen LogP contribution in [-0.2, 0) is 0 Å². The van der Waals surface area contributed by atoms with E-state index in [0.717, 1.165) is 24.5 Å². The molecule has 0 saturated carbocycles. The summed E-state index contributed by atoms with van der Waals surface area (Å²) in [4.78, 5) is 2.71. The SMILES string of the molecule is CCCCN(C(C)CC)C(C)CCCNCC(C)C. The van der Waals surface area contributed by atoms with Gasteiger partial charge < -0.3 is 5.32 Å². The van der Waals surface area contributed by atoms with E-state index in [-0.39, 0.29) is 0 Å². The van der Waals surface area contributed by atoms with Gasteiger partial charge in [-0.3, -0.25) is 4.90 Å². The third kappa shape index (κ3) is 9.45. The molecule has 0 aromatic carbocycles. The molecule has 19 heavy (non-hydrogen) atoms. The normalized spacial score (nSPS) is 15.2. The minimum atomic E-state index is 0.724. The Morgan fingerprint density at radius 2 is 1.63 bits per heavy atom. The molecule has 2 unspecified atom stereocenters. The fraction of sp³-hybridized carbons (Fsp3) is 1.00. The summed E-state index contributed by atoms with van der Waals surface area (Å²) in [7, 11) is 0. The molecule has 0 rings (SSSR count). The highest BCUT2D eigenvalue weighted by Gasteiger charge is 2.17. The standard InChI is InChI=1S/C17H38N2/c1-7-9-13-19(16(5)8-2)17(6)11-10-12-18-14-15(3)4/h15-18H,7-14H2,1-6H3. The quantitative estimate of drug-likeness (QED) is 0.532. The van der Waals surface area contributed by atoms with Gasteiger partial charge in [0, 0.05) is 12.1 Å². The van der Waals surface area contributed by atoms with E-state index in [1.807, 2.05) is 0 Å². The molecule has 0 aliphatic rings. The van der Waals surface area contributed by atoms with Gasteiger partial charge in [-0.25, -0.2) is 0 Å². The highest BCUT2D eigenvalue weighted by Crippen LogP contribution is 2.14. The van der Waals surface area contributed by atoms with Gasteiger partial charge in [0.15, 0.2) is 0 Å². The number of nitrogens with one attached hydrogen (secondary N) is 1. The van der Waals surface area contributed by atoms with Gasteiger partial charge in [-0.2, -0.15) is 0 Å². The molecule has 0 heterocycles. The Hall–Kier alpha value is -0.0800. The van der Waals surface area contributed by atoms with Crippen LogP contribution in [0.25, 0.3) is 0 Å². The van der Waals surface area contributed by atoms with Gasteiger partial charge >= 0.3 is 0 Å². The van der Waals surface area contributed by atoms with Gasteiger partial charge in [-0.1, -0.05) is 34.1 Å². The molecule has 0 spiro atoms. The molecule has 0 amide bonds. The summed E-state index contributed by atoms with van der Waals surface area (Å²) in [6, 6.07) is 1.45. The Morgan fingerprint density at radius 3 is 2.16 bits per heavy atom. The van der Waals surface area contributed by atoms with E-state index in [1.165, 1.54) is 45.2 Å². The van der Waals surface area contributed by atoms with E-state index in [2.05, 4.69) is 51.8 Å². The van der Waals surface area contributed by atoms with Gasteiger partial charge in [0.25, 0.3) is 0 Å². The van der Waals surface area contributed by atoms with Gasteiger partial charge in [0.2, 0.25) is 0 Å². The summed E-state index contributed by atoms with van der Waals surface area (Å²) in [5, 5.41) is 3.55. The van der Waals surface area contributed by atoms with Crippen molar-refractivity contribution < 1.29 is 0 Å². The highest BCUT2D eigenvalue weighted by atomic mass is 15.2. The van der Waals surface area contributed by atoms with Crippen molar-refractivity contribution in [2.75, 3.05) is 19.6 Å². The van der Waals surface area contributed by atoms with Crippen LogP contribution in [0.3, 0.4) is 0 Å².